The van der Waals surface area contributed by atoms with Gasteiger partial charge in [-0.3, -0.25) is 0 Å². The molecule has 3 atom stereocenters. The van der Waals surface area contributed by atoms with Crippen LogP contribution >= 0.6 is 0 Å². The van der Waals surface area contributed by atoms with Crippen LogP contribution in [0, 0.1) is 0 Å². The molecule has 0 spiro atoms. The SMILES string of the molecule is CCC[C@@H](C=O)NC(=O)N(CCc1ccccc1)CC(O)C(Cc1ccccc1)NC(=O)OCc1ccccc1. The topological polar surface area (TPSA) is 108 Å². The van der Waals surface area contributed by atoms with Crippen molar-refractivity contribution in [2.24, 2.45) is 0 Å². The first-order valence-electron chi connectivity index (χ1n) is 13.7. The minimum Gasteiger partial charge on any atom is -0.445 e. The number of rotatable bonds is 15. The van der Waals surface area contributed by atoms with Crippen molar-refractivity contribution in [3.8, 4) is 0 Å². The van der Waals surface area contributed by atoms with Crippen molar-refractivity contribution in [1.82, 2.24) is 15.5 Å². The second-order valence-corrected chi connectivity index (χ2v) is 9.73. The fraction of sp³-hybridized carbons (Fsp3) is 0.344. The molecule has 0 heterocycles. The third-order valence-corrected chi connectivity index (χ3v) is 6.56. The number of hydrogen-bond acceptors (Lipinski definition) is 5. The summed E-state index contributed by atoms with van der Waals surface area (Å²) in [6, 6.07) is 26.8. The maximum Gasteiger partial charge on any atom is 0.407 e. The number of ether oxygens (including phenoxy) is 1. The Bertz CT molecular complexity index is 1160. The van der Waals surface area contributed by atoms with Crippen LogP contribution < -0.4 is 10.6 Å². The normalized spacial score (nSPS) is 12.9. The highest BCUT2D eigenvalue weighted by Gasteiger charge is 2.27. The van der Waals surface area contributed by atoms with Crippen molar-refractivity contribution in [1.29, 1.82) is 0 Å². The molecule has 3 amide bonds. The molecule has 0 saturated carbocycles. The zero-order valence-electron chi connectivity index (χ0n) is 22.9. The highest BCUT2D eigenvalue weighted by Crippen LogP contribution is 2.11. The molecular weight excluding hydrogens is 506 g/mol. The molecule has 3 aromatic rings. The van der Waals surface area contributed by atoms with Gasteiger partial charge in [0.1, 0.15) is 12.9 Å². The first-order chi connectivity index (χ1) is 19.5. The summed E-state index contributed by atoms with van der Waals surface area (Å²) in [5.41, 5.74) is 2.80. The lowest BCUT2D eigenvalue weighted by atomic mass is 10.0. The first kappa shape index (κ1) is 30.4. The average Bonchev–Trinajstić information content (AvgIpc) is 2.99. The van der Waals surface area contributed by atoms with Gasteiger partial charge in [0, 0.05) is 6.54 Å². The van der Waals surface area contributed by atoms with E-state index in [2.05, 4.69) is 10.6 Å². The van der Waals surface area contributed by atoms with Crippen LogP contribution in [0.5, 0.6) is 0 Å². The quantitative estimate of drug-likeness (QED) is 0.244. The molecule has 0 radical (unpaired) electrons. The molecule has 0 aromatic heterocycles. The van der Waals surface area contributed by atoms with Gasteiger partial charge in [0.15, 0.2) is 0 Å². The molecule has 0 bridgehead atoms. The van der Waals surface area contributed by atoms with Crippen LogP contribution in [0.1, 0.15) is 36.5 Å². The van der Waals surface area contributed by atoms with E-state index in [0.717, 1.165) is 29.4 Å². The molecular formula is C32H39N3O5. The molecule has 8 nitrogen and oxygen atoms in total. The largest absolute Gasteiger partial charge is 0.445 e. The smallest absolute Gasteiger partial charge is 0.407 e. The van der Waals surface area contributed by atoms with E-state index in [1.165, 1.54) is 4.90 Å². The number of aliphatic hydroxyl groups excluding tert-OH is 1. The van der Waals surface area contributed by atoms with E-state index in [1.807, 2.05) is 97.9 Å². The molecule has 3 rings (SSSR count). The lowest BCUT2D eigenvalue weighted by Crippen LogP contribution is -2.53. The van der Waals surface area contributed by atoms with Gasteiger partial charge in [0.05, 0.1) is 24.7 Å². The summed E-state index contributed by atoms with van der Waals surface area (Å²) < 4.78 is 5.41. The Kier molecular flexibility index (Phi) is 12.7. The van der Waals surface area contributed by atoms with Crippen LogP contribution in [-0.2, 0) is 29.0 Å². The molecule has 0 fully saturated rings. The maximum absolute atomic E-state index is 13.2. The Morgan fingerprint density at radius 1 is 0.875 bits per heavy atom. The van der Waals surface area contributed by atoms with Crippen molar-refractivity contribution in [2.75, 3.05) is 13.1 Å². The van der Waals surface area contributed by atoms with E-state index in [0.29, 0.717) is 25.8 Å². The minimum absolute atomic E-state index is 0.0488. The third-order valence-electron chi connectivity index (χ3n) is 6.56. The summed E-state index contributed by atoms with van der Waals surface area (Å²) in [7, 11) is 0. The number of urea groups is 1. The van der Waals surface area contributed by atoms with E-state index in [-0.39, 0.29) is 13.2 Å². The summed E-state index contributed by atoms with van der Waals surface area (Å²) in [4.78, 5) is 39.0. The van der Waals surface area contributed by atoms with Gasteiger partial charge in [0.25, 0.3) is 0 Å². The number of aliphatic hydroxyl groups is 1. The van der Waals surface area contributed by atoms with Crippen molar-refractivity contribution >= 4 is 18.4 Å². The number of carbonyl (C=O) groups excluding carboxylic acids is 3. The van der Waals surface area contributed by atoms with Gasteiger partial charge in [-0.25, -0.2) is 9.59 Å². The van der Waals surface area contributed by atoms with Gasteiger partial charge in [0.2, 0.25) is 0 Å². The summed E-state index contributed by atoms with van der Waals surface area (Å²) in [5, 5.41) is 16.9. The zero-order chi connectivity index (χ0) is 28.6. The van der Waals surface area contributed by atoms with Gasteiger partial charge >= 0.3 is 12.1 Å². The number of alkyl carbamates (subject to hydrolysis) is 1. The first-order valence-corrected chi connectivity index (χ1v) is 13.7. The van der Waals surface area contributed by atoms with Crippen LogP contribution in [0.3, 0.4) is 0 Å². The van der Waals surface area contributed by atoms with E-state index >= 15 is 0 Å². The Labute approximate surface area is 236 Å². The van der Waals surface area contributed by atoms with E-state index in [4.69, 9.17) is 4.74 Å². The Hall–Kier alpha value is -4.17. The van der Waals surface area contributed by atoms with Crippen LogP contribution in [-0.4, -0.2) is 59.7 Å². The second-order valence-electron chi connectivity index (χ2n) is 9.73. The van der Waals surface area contributed by atoms with Gasteiger partial charge in [-0.1, -0.05) is 104 Å². The number of nitrogens with zero attached hydrogens (tertiary/aromatic N) is 1. The number of hydrogen-bond donors (Lipinski definition) is 3. The molecule has 0 saturated heterocycles. The van der Waals surface area contributed by atoms with Crippen LogP contribution in [0.4, 0.5) is 9.59 Å². The van der Waals surface area contributed by atoms with Gasteiger partial charge in [-0.15, -0.1) is 0 Å². The number of amides is 3. The fourth-order valence-electron chi connectivity index (χ4n) is 4.34. The number of carbonyl (C=O) groups is 3. The Morgan fingerprint density at radius 3 is 2.02 bits per heavy atom. The Balaban J connectivity index is 1.73. The van der Waals surface area contributed by atoms with E-state index in [1.54, 1.807) is 0 Å². The van der Waals surface area contributed by atoms with Crippen molar-refractivity contribution < 1.29 is 24.2 Å². The lowest BCUT2D eigenvalue weighted by molar-refractivity contribution is -0.109. The molecule has 3 aromatic carbocycles. The Morgan fingerprint density at radius 2 is 1.45 bits per heavy atom. The second kappa shape index (κ2) is 16.7. The third kappa shape index (κ3) is 10.5. The molecule has 3 N–H and O–H groups in total. The average molecular weight is 546 g/mol. The van der Waals surface area contributed by atoms with Crippen molar-refractivity contribution in [3.05, 3.63) is 108 Å². The van der Waals surface area contributed by atoms with E-state index in [9.17, 15) is 19.5 Å². The molecule has 212 valence electrons. The molecule has 40 heavy (non-hydrogen) atoms. The van der Waals surface area contributed by atoms with Crippen LogP contribution in [0.2, 0.25) is 0 Å². The van der Waals surface area contributed by atoms with Crippen LogP contribution in [0.25, 0.3) is 0 Å². The highest BCUT2D eigenvalue weighted by molar-refractivity contribution is 5.78. The molecule has 0 aliphatic carbocycles. The summed E-state index contributed by atoms with van der Waals surface area (Å²) >= 11 is 0. The summed E-state index contributed by atoms with van der Waals surface area (Å²) in [5.74, 6) is 0. The summed E-state index contributed by atoms with van der Waals surface area (Å²) in [6.07, 6.45) is 1.13. The predicted molar refractivity (Wildman–Crippen MR) is 155 cm³/mol. The number of nitrogens with one attached hydrogen (secondary N) is 2. The van der Waals surface area contributed by atoms with Gasteiger partial charge in [-0.05, 0) is 36.0 Å². The fourth-order valence-corrected chi connectivity index (χ4v) is 4.34. The minimum atomic E-state index is -1.10. The summed E-state index contributed by atoms with van der Waals surface area (Å²) in [6.45, 7) is 2.31. The zero-order valence-corrected chi connectivity index (χ0v) is 22.9. The number of benzene rings is 3. The standard InChI is InChI=1S/C32H39N3O5/c1-2-12-28(23-36)33-31(38)35(20-19-25-13-6-3-7-14-25)22-30(37)29(21-26-15-8-4-9-16-26)34-32(39)40-24-27-17-10-5-11-18-27/h3-11,13-18,23,28-30,37H,2,12,19-22,24H2,1H3,(H,33,38)(H,34,39)/t28-,29?,30?/m0/s1. The lowest BCUT2D eigenvalue weighted by Gasteiger charge is -2.31. The molecule has 0 aliphatic rings. The van der Waals surface area contributed by atoms with Gasteiger partial charge < -0.3 is 30.2 Å². The highest BCUT2D eigenvalue weighted by atomic mass is 16.5. The van der Waals surface area contributed by atoms with Crippen molar-refractivity contribution in [2.45, 2.75) is 57.4 Å². The predicted octanol–water partition coefficient (Wildman–Crippen LogP) is 4.51. The maximum atomic E-state index is 13.2. The molecule has 8 heteroatoms. The van der Waals surface area contributed by atoms with Gasteiger partial charge in [-0.2, -0.15) is 0 Å². The monoisotopic (exact) mass is 545 g/mol. The molecule has 0 aliphatic heterocycles. The van der Waals surface area contributed by atoms with Crippen molar-refractivity contribution in [3.63, 3.8) is 0 Å². The number of aldehydes is 1. The molecule has 2 unspecified atom stereocenters. The van der Waals surface area contributed by atoms with Crippen LogP contribution in [0.15, 0.2) is 91.0 Å². The van der Waals surface area contributed by atoms with E-state index < -0.39 is 30.3 Å².